The van der Waals surface area contributed by atoms with E-state index in [1.54, 1.807) is 6.92 Å². The van der Waals surface area contributed by atoms with E-state index in [4.69, 9.17) is 0 Å². The van der Waals surface area contributed by atoms with Gasteiger partial charge in [0.15, 0.2) is 11.6 Å². The van der Waals surface area contributed by atoms with Crippen LogP contribution in [0.3, 0.4) is 0 Å². The van der Waals surface area contributed by atoms with E-state index in [0.29, 0.717) is 18.2 Å². The molecule has 0 aliphatic heterocycles. The third-order valence-corrected chi connectivity index (χ3v) is 3.80. The van der Waals surface area contributed by atoms with Gasteiger partial charge < -0.3 is 5.32 Å². The first-order chi connectivity index (χ1) is 12.4. The summed E-state index contributed by atoms with van der Waals surface area (Å²) in [5.74, 6) is -4.72. The fourth-order valence-corrected chi connectivity index (χ4v) is 2.48. The molecule has 2 N–H and O–H groups in total. The second-order valence-electron chi connectivity index (χ2n) is 5.49. The summed E-state index contributed by atoms with van der Waals surface area (Å²) in [6, 6.07) is 5.77. The van der Waals surface area contributed by atoms with Gasteiger partial charge in [-0.15, -0.1) is 0 Å². The van der Waals surface area contributed by atoms with Gasteiger partial charge in [0, 0.05) is 11.6 Å². The summed E-state index contributed by atoms with van der Waals surface area (Å²) < 4.78 is 53.5. The number of nitrogens with one attached hydrogen (secondary N) is 2. The molecular formula is C18H13F4N3O. The Morgan fingerprint density at radius 1 is 1.04 bits per heavy atom. The molecule has 3 aromatic rings. The number of benzene rings is 2. The van der Waals surface area contributed by atoms with Crippen molar-refractivity contribution in [3.63, 3.8) is 0 Å². The first kappa shape index (κ1) is 17.7. The number of aryl methyl sites for hydroxylation is 1. The van der Waals surface area contributed by atoms with Crippen molar-refractivity contribution < 1.29 is 22.4 Å². The fraction of sp³-hybridized carbons (Fsp3) is 0.111. The first-order valence-corrected chi connectivity index (χ1v) is 7.69. The van der Waals surface area contributed by atoms with Gasteiger partial charge in [-0.05, 0) is 36.8 Å². The summed E-state index contributed by atoms with van der Waals surface area (Å²) in [4.78, 5) is 12.4. The van der Waals surface area contributed by atoms with E-state index in [2.05, 4.69) is 15.5 Å². The molecule has 0 fully saturated rings. The number of carbonyl (C=O) groups excluding carboxylic acids is 1. The monoisotopic (exact) mass is 363 g/mol. The van der Waals surface area contributed by atoms with Crippen LogP contribution in [0, 0.1) is 23.3 Å². The Kier molecular flexibility index (Phi) is 4.75. The first-order valence-electron chi connectivity index (χ1n) is 7.69. The van der Waals surface area contributed by atoms with E-state index in [-0.39, 0.29) is 22.5 Å². The van der Waals surface area contributed by atoms with Crippen LogP contribution < -0.4 is 5.32 Å². The van der Waals surface area contributed by atoms with Crippen molar-refractivity contribution in [3.8, 4) is 11.3 Å². The molecule has 0 spiro atoms. The van der Waals surface area contributed by atoms with Gasteiger partial charge in [0.2, 0.25) is 0 Å². The van der Waals surface area contributed by atoms with Crippen molar-refractivity contribution in [1.82, 2.24) is 10.2 Å². The lowest BCUT2D eigenvalue weighted by Crippen LogP contribution is -2.15. The lowest BCUT2D eigenvalue weighted by Gasteiger charge is -2.09. The Morgan fingerprint density at radius 2 is 1.81 bits per heavy atom. The number of nitrogens with zero attached hydrogens (tertiary/aromatic N) is 1. The van der Waals surface area contributed by atoms with Crippen molar-refractivity contribution in [3.05, 3.63) is 70.9 Å². The highest BCUT2D eigenvalue weighted by Gasteiger charge is 2.20. The SMILES string of the molecule is CCc1[nH]nc(-c2ccc(F)c(F)c2)c1NC(=O)c1ccc(F)cc1F. The van der Waals surface area contributed by atoms with Crippen molar-refractivity contribution in [2.45, 2.75) is 13.3 Å². The summed E-state index contributed by atoms with van der Waals surface area (Å²) in [5, 5.41) is 9.24. The molecule has 0 saturated carbocycles. The minimum absolute atomic E-state index is 0.177. The smallest absolute Gasteiger partial charge is 0.258 e. The molecule has 0 radical (unpaired) electrons. The van der Waals surface area contributed by atoms with Gasteiger partial charge >= 0.3 is 0 Å². The van der Waals surface area contributed by atoms with Crippen LogP contribution in [0.15, 0.2) is 36.4 Å². The molecule has 1 amide bonds. The van der Waals surface area contributed by atoms with Gasteiger partial charge in [-0.25, -0.2) is 17.6 Å². The standard InChI is InChI=1S/C18H13F4N3O/c1-2-15-17(23-18(26)11-5-4-10(19)8-13(11)21)16(25-24-15)9-3-6-12(20)14(22)7-9/h3-8H,2H2,1H3,(H,23,26)(H,24,25). The number of aromatic amines is 1. The number of halogens is 4. The highest BCUT2D eigenvalue weighted by Crippen LogP contribution is 2.30. The van der Waals surface area contributed by atoms with Crippen LogP contribution in [-0.4, -0.2) is 16.1 Å². The molecule has 8 heteroatoms. The summed E-state index contributed by atoms with van der Waals surface area (Å²) in [7, 11) is 0. The molecule has 0 saturated heterocycles. The minimum atomic E-state index is -1.06. The van der Waals surface area contributed by atoms with Gasteiger partial charge in [-0.3, -0.25) is 9.89 Å². The maximum absolute atomic E-state index is 13.8. The number of H-pyrrole nitrogens is 1. The Hall–Kier alpha value is -3.16. The molecule has 0 aliphatic rings. The molecule has 0 aliphatic carbocycles. The molecule has 0 atom stereocenters. The van der Waals surface area contributed by atoms with Crippen LogP contribution in [-0.2, 0) is 6.42 Å². The normalized spacial score (nSPS) is 10.8. The second-order valence-corrected chi connectivity index (χ2v) is 5.49. The number of amides is 1. The van der Waals surface area contributed by atoms with Gasteiger partial charge in [0.1, 0.15) is 17.3 Å². The van der Waals surface area contributed by atoms with E-state index in [9.17, 15) is 22.4 Å². The maximum Gasteiger partial charge on any atom is 0.258 e. The summed E-state index contributed by atoms with van der Waals surface area (Å²) in [6.07, 6.45) is 0.443. The Bertz CT molecular complexity index is 985. The van der Waals surface area contributed by atoms with Gasteiger partial charge in [-0.1, -0.05) is 6.92 Å². The molecule has 4 nitrogen and oxygen atoms in total. The molecule has 3 rings (SSSR count). The van der Waals surface area contributed by atoms with E-state index in [0.717, 1.165) is 24.3 Å². The Balaban J connectivity index is 2.00. The zero-order chi connectivity index (χ0) is 18.8. The second kappa shape index (κ2) is 6.99. The number of carbonyl (C=O) groups is 1. The van der Waals surface area contributed by atoms with E-state index < -0.39 is 29.2 Å². The number of rotatable bonds is 4. The molecular weight excluding hydrogens is 350 g/mol. The van der Waals surface area contributed by atoms with Gasteiger partial charge in [-0.2, -0.15) is 5.10 Å². The van der Waals surface area contributed by atoms with Crippen molar-refractivity contribution in [2.24, 2.45) is 0 Å². The molecule has 0 unspecified atom stereocenters. The fourth-order valence-electron chi connectivity index (χ4n) is 2.48. The quantitative estimate of drug-likeness (QED) is 0.673. The summed E-state index contributed by atoms with van der Waals surface area (Å²) >= 11 is 0. The van der Waals surface area contributed by atoms with Crippen LogP contribution in [0.1, 0.15) is 23.0 Å². The van der Waals surface area contributed by atoms with Crippen molar-refractivity contribution >= 4 is 11.6 Å². The highest BCUT2D eigenvalue weighted by molar-refractivity contribution is 6.06. The lowest BCUT2D eigenvalue weighted by atomic mass is 10.1. The van der Waals surface area contributed by atoms with Gasteiger partial charge in [0.05, 0.1) is 16.9 Å². The Morgan fingerprint density at radius 3 is 2.46 bits per heavy atom. The third kappa shape index (κ3) is 3.30. The summed E-state index contributed by atoms with van der Waals surface area (Å²) in [6.45, 7) is 1.79. The average molecular weight is 363 g/mol. The van der Waals surface area contributed by atoms with Gasteiger partial charge in [0.25, 0.3) is 5.91 Å². The third-order valence-electron chi connectivity index (χ3n) is 3.80. The average Bonchev–Trinajstić information content (AvgIpc) is 2.99. The zero-order valence-corrected chi connectivity index (χ0v) is 13.5. The molecule has 1 aromatic heterocycles. The molecule has 2 aromatic carbocycles. The molecule has 134 valence electrons. The van der Waals surface area contributed by atoms with E-state index in [1.807, 2.05) is 0 Å². The minimum Gasteiger partial charge on any atom is -0.318 e. The topological polar surface area (TPSA) is 57.8 Å². The largest absolute Gasteiger partial charge is 0.318 e. The maximum atomic E-state index is 13.8. The van der Waals surface area contributed by atoms with Crippen LogP contribution in [0.2, 0.25) is 0 Å². The van der Waals surface area contributed by atoms with E-state index >= 15 is 0 Å². The van der Waals surface area contributed by atoms with Crippen LogP contribution in [0.25, 0.3) is 11.3 Å². The number of aromatic nitrogens is 2. The predicted molar refractivity (Wildman–Crippen MR) is 87.6 cm³/mol. The molecule has 0 bridgehead atoms. The summed E-state index contributed by atoms with van der Waals surface area (Å²) in [5.41, 5.74) is 0.782. The number of hydrogen-bond donors (Lipinski definition) is 2. The highest BCUT2D eigenvalue weighted by atomic mass is 19.2. The van der Waals surface area contributed by atoms with Crippen molar-refractivity contribution in [2.75, 3.05) is 5.32 Å². The zero-order valence-electron chi connectivity index (χ0n) is 13.5. The Labute approximate surface area is 145 Å². The van der Waals surface area contributed by atoms with E-state index in [1.165, 1.54) is 6.07 Å². The van der Waals surface area contributed by atoms with Crippen LogP contribution in [0.4, 0.5) is 23.2 Å². The molecule has 1 heterocycles. The number of anilines is 1. The van der Waals surface area contributed by atoms with Crippen LogP contribution >= 0.6 is 0 Å². The van der Waals surface area contributed by atoms with Crippen LogP contribution in [0.5, 0.6) is 0 Å². The predicted octanol–water partition coefficient (Wildman–Crippen LogP) is 4.45. The number of hydrogen-bond acceptors (Lipinski definition) is 2. The van der Waals surface area contributed by atoms with Crippen molar-refractivity contribution in [1.29, 1.82) is 0 Å². The lowest BCUT2D eigenvalue weighted by molar-refractivity contribution is 0.102. The molecule has 26 heavy (non-hydrogen) atoms.